The van der Waals surface area contributed by atoms with Crippen molar-refractivity contribution in [1.29, 1.82) is 0 Å². The van der Waals surface area contributed by atoms with E-state index in [4.69, 9.17) is 9.84 Å². The summed E-state index contributed by atoms with van der Waals surface area (Å²) in [6.07, 6.45) is 5.45. The molecule has 1 rings (SSSR count). The summed E-state index contributed by atoms with van der Waals surface area (Å²) in [5.41, 5.74) is 0. The van der Waals surface area contributed by atoms with Gasteiger partial charge < -0.3 is 9.84 Å². The smallest absolute Gasteiger partial charge is 0.306 e. The Balaban J connectivity index is 1.93. The number of aliphatic hydroxyl groups is 1. The number of esters is 1. The van der Waals surface area contributed by atoms with E-state index in [1.165, 1.54) is 18.6 Å². The van der Waals surface area contributed by atoms with Crippen LogP contribution < -0.4 is 0 Å². The molecule has 1 atom stereocenters. The largest absolute Gasteiger partial charge is 0.458 e. The Morgan fingerprint density at radius 3 is 2.74 bits per heavy atom. The topological polar surface area (TPSA) is 63.6 Å². The van der Waals surface area contributed by atoms with Crippen molar-refractivity contribution in [3.8, 4) is 0 Å². The van der Waals surface area contributed by atoms with E-state index in [0.29, 0.717) is 12.8 Å². The fourth-order valence-corrected chi connectivity index (χ4v) is 4.81. The monoisotopic (exact) mass is 306 g/mol. The molecule has 0 aromatic heterocycles. The molecule has 19 heavy (non-hydrogen) atoms. The van der Waals surface area contributed by atoms with Gasteiger partial charge in [0.15, 0.2) is 5.78 Å². The van der Waals surface area contributed by atoms with Crippen molar-refractivity contribution in [3.05, 3.63) is 0 Å². The van der Waals surface area contributed by atoms with Crippen LogP contribution in [0.2, 0.25) is 0 Å². The van der Waals surface area contributed by atoms with E-state index < -0.39 is 0 Å². The van der Waals surface area contributed by atoms with Crippen LogP contribution in [0.1, 0.15) is 44.9 Å². The van der Waals surface area contributed by atoms with Crippen molar-refractivity contribution >= 4 is 33.3 Å². The lowest BCUT2D eigenvalue weighted by Crippen LogP contribution is -2.14. The maximum absolute atomic E-state index is 11.4. The van der Waals surface area contributed by atoms with Gasteiger partial charge in [0.2, 0.25) is 0 Å². The SMILES string of the molecule is O=C(CCCO)COC(=O)CCCCC1CCSS1. The zero-order valence-electron chi connectivity index (χ0n) is 11.1. The molecule has 1 unspecified atom stereocenters. The second-order valence-electron chi connectivity index (χ2n) is 4.60. The molecular formula is C13H22O4S2. The van der Waals surface area contributed by atoms with E-state index in [1.807, 2.05) is 21.6 Å². The Morgan fingerprint density at radius 2 is 2.05 bits per heavy atom. The number of carbonyl (C=O) groups excluding carboxylic acids is 2. The normalized spacial score (nSPS) is 18.5. The predicted molar refractivity (Wildman–Crippen MR) is 79.2 cm³/mol. The first kappa shape index (κ1) is 16.9. The second kappa shape index (κ2) is 10.6. The van der Waals surface area contributed by atoms with Gasteiger partial charge in [-0.1, -0.05) is 28.0 Å². The highest BCUT2D eigenvalue weighted by Gasteiger charge is 2.16. The number of Topliss-reactive ketones (excluding diaryl/α,β-unsaturated/α-hetero) is 1. The summed E-state index contributed by atoms with van der Waals surface area (Å²) in [6, 6.07) is 0. The number of ketones is 1. The minimum absolute atomic E-state index is 0.00283. The molecule has 0 spiro atoms. The number of hydrogen-bond acceptors (Lipinski definition) is 6. The molecule has 1 aliphatic rings. The van der Waals surface area contributed by atoms with Gasteiger partial charge in [-0.05, 0) is 25.7 Å². The number of ether oxygens (including phenoxy) is 1. The van der Waals surface area contributed by atoms with Gasteiger partial charge in [0.1, 0.15) is 6.61 Å². The van der Waals surface area contributed by atoms with Gasteiger partial charge in [0.05, 0.1) is 0 Å². The van der Waals surface area contributed by atoms with E-state index in [1.54, 1.807) is 0 Å². The third-order valence-electron chi connectivity index (χ3n) is 2.89. The molecule has 0 aromatic rings. The third kappa shape index (κ3) is 8.55. The number of rotatable bonds is 10. The van der Waals surface area contributed by atoms with E-state index in [0.717, 1.165) is 18.1 Å². The molecule has 1 fully saturated rings. The second-order valence-corrected chi connectivity index (χ2v) is 7.39. The van der Waals surface area contributed by atoms with Gasteiger partial charge in [0.25, 0.3) is 0 Å². The summed E-state index contributed by atoms with van der Waals surface area (Å²) in [7, 11) is 3.89. The van der Waals surface area contributed by atoms with Gasteiger partial charge in [-0.2, -0.15) is 0 Å². The highest BCUT2D eigenvalue weighted by Crippen LogP contribution is 2.39. The third-order valence-corrected chi connectivity index (χ3v) is 5.90. The van der Waals surface area contributed by atoms with Crippen LogP contribution in [0, 0.1) is 0 Å². The van der Waals surface area contributed by atoms with Crippen molar-refractivity contribution < 1.29 is 19.4 Å². The molecule has 1 heterocycles. The Hall–Kier alpha value is -0.200. The summed E-state index contributed by atoms with van der Waals surface area (Å²) in [5.74, 6) is 0.834. The first-order valence-electron chi connectivity index (χ1n) is 6.79. The predicted octanol–water partition coefficient (Wildman–Crippen LogP) is 2.59. The molecule has 0 amide bonds. The zero-order chi connectivity index (χ0) is 13.9. The molecule has 0 bridgehead atoms. The zero-order valence-corrected chi connectivity index (χ0v) is 12.8. The maximum atomic E-state index is 11.4. The molecule has 0 saturated carbocycles. The van der Waals surface area contributed by atoms with Crippen molar-refractivity contribution in [2.75, 3.05) is 19.0 Å². The fraction of sp³-hybridized carbons (Fsp3) is 0.846. The van der Waals surface area contributed by atoms with Gasteiger partial charge >= 0.3 is 5.97 Å². The van der Waals surface area contributed by atoms with Crippen molar-refractivity contribution in [2.45, 2.75) is 50.2 Å². The molecule has 1 N–H and O–H groups in total. The Morgan fingerprint density at radius 1 is 1.21 bits per heavy atom. The maximum Gasteiger partial charge on any atom is 0.306 e. The lowest BCUT2D eigenvalue weighted by atomic mass is 10.1. The van der Waals surface area contributed by atoms with Crippen LogP contribution in [0.15, 0.2) is 0 Å². The van der Waals surface area contributed by atoms with Crippen LogP contribution in [-0.2, 0) is 14.3 Å². The summed E-state index contributed by atoms with van der Waals surface area (Å²) in [4.78, 5) is 22.6. The summed E-state index contributed by atoms with van der Waals surface area (Å²) in [6.45, 7) is -0.148. The molecule has 0 aliphatic carbocycles. The molecular weight excluding hydrogens is 284 g/mol. The Labute approximate surface area is 122 Å². The molecule has 6 heteroatoms. The Kier molecular flexibility index (Phi) is 9.38. The van der Waals surface area contributed by atoms with Crippen LogP contribution >= 0.6 is 21.6 Å². The minimum atomic E-state index is -0.286. The van der Waals surface area contributed by atoms with Crippen molar-refractivity contribution in [3.63, 3.8) is 0 Å². The lowest BCUT2D eigenvalue weighted by Gasteiger charge is -2.07. The average Bonchev–Trinajstić information content (AvgIpc) is 2.92. The van der Waals surface area contributed by atoms with Crippen LogP contribution in [-0.4, -0.2) is 41.1 Å². The quantitative estimate of drug-likeness (QED) is 0.380. The molecule has 110 valence electrons. The first-order chi connectivity index (χ1) is 9.22. The number of hydrogen-bond donors (Lipinski definition) is 1. The number of aliphatic hydroxyl groups excluding tert-OH is 1. The van der Waals surface area contributed by atoms with E-state index in [9.17, 15) is 9.59 Å². The molecule has 4 nitrogen and oxygen atoms in total. The van der Waals surface area contributed by atoms with Crippen LogP contribution in [0.5, 0.6) is 0 Å². The molecule has 1 saturated heterocycles. The van der Waals surface area contributed by atoms with E-state index in [2.05, 4.69) is 0 Å². The molecule has 0 aromatic carbocycles. The highest BCUT2D eigenvalue weighted by molar-refractivity contribution is 8.77. The van der Waals surface area contributed by atoms with Crippen LogP contribution in [0.25, 0.3) is 0 Å². The summed E-state index contributed by atoms with van der Waals surface area (Å²) in [5, 5.41) is 9.31. The van der Waals surface area contributed by atoms with Gasteiger partial charge in [-0.3, -0.25) is 9.59 Å². The first-order valence-corrected chi connectivity index (χ1v) is 9.17. The highest BCUT2D eigenvalue weighted by atomic mass is 33.1. The average molecular weight is 306 g/mol. The minimum Gasteiger partial charge on any atom is -0.458 e. The lowest BCUT2D eigenvalue weighted by molar-refractivity contribution is -0.148. The molecule has 0 radical (unpaired) electrons. The summed E-state index contributed by atoms with van der Waals surface area (Å²) >= 11 is 0. The number of unbranched alkanes of at least 4 members (excludes halogenated alkanes) is 1. The standard InChI is InChI=1S/C13H22O4S2/c14-8-3-4-11(15)10-17-13(16)6-2-1-5-12-7-9-18-19-12/h12,14H,1-10H2. The van der Waals surface area contributed by atoms with E-state index in [-0.39, 0.29) is 31.4 Å². The van der Waals surface area contributed by atoms with Gasteiger partial charge in [-0.15, -0.1) is 0 Å². The molecule has 1 aliphatic heterocycles. The van der Waals surface area contributed by atoms with Crippen LogP contribution in [0.3, 0.4) is 0 Å². The van der Waals surface area contributed by atoms with Gasteiger partial charge in [-0.25, -0.2) is 0 Å². The number of carbonyl (C=O) groups is 2. The Bertz CT molecular complexity index is 278. The fourth-order valence-electron chi connectivity index (χ4n) is 1.79. The van der Waals surface area contributed by atoms with Crippen LogP contribution in [0.4, 0.5) is 0 Å². The van der Waals surface area contributed by atoms with E-state index >= 15 is 0 Å². The summed E-state index contributed by atoms with van der Waals surface area (Å²) < 4.78 is 4.89. The van der Waals surface area contributed by atoms with Gasteiger partial charge in [0, 0.05) is 30.5 Å². The van der Waals surface area contributed by atoms with Crippen molar-refractivity contribution in [2.24, 2.45) is 0 Å². The van der Waals surface area contributed by atoms with Crippen molar-refractivity contribution in [1.82, 2.24) is 0 Å².